The van der Waals surface area contributed by atoms with E-state index in [0.29, 0.717) is 0 Å². The Kier molecular flexibility index (Phi) is 6.70. The first-order chi connectivity index (χ1) is 10.6. The number of hydrogen-bond acceptors (Lipinski definition) is 7. The van der Waals surface area contributed by atoms with Crippen LogP contribution in [0.1, 0.15) is 10.4 Å². The normalized spacial score (nSPS) is 15.0. The highest BCUT2D eigenvalue weighted by molar-refractivity contribution is 7.46. The Labute approximate surface area is 130 Å². The van der Waals surface area contributed by atoms with Gasteiger partial charge in [0.05, 0.1) is 17.9 Å². The maximum atomic E-state index is 11.0. The Balaban J connectivity index is 2.73. The van der Waals surface area contributed by atoms with Gasteiger partial charge >= 0.3 is 13.8 Å². The lowest BCUT2D eigenvalue weighted by atomic mass is 10.1. The van der Waals surface area contributed by atoms with Crippen LogP contribution in [-0.2, 0) is 9.09 Å². The highest BCUT2D eigenvalue weighted by Gasteiger charge is 2.24. The Morgan fingerprint density at radius 1 is 1.26 bits per heavy atom. The predicted molar refractivity (Wildman–Crippen MR) is 77.7 cm³/mol. The van der Waals surface area contributed by atoms with E-state index in [2.05, 4.69) is 9.84 Å². The van der Waals surface area contributed by atoms with Crippen LogP contribution in [0.15, 0.2) is 36.2 Å². The number of aromatic carboxylic acids is 1. The molecule has 0 aliphatic heterocycles. The highest BCUT2D eigenvalue weighted by atomic mass is 31.2. The van der Waals surface area contributed by atoms with Crippen molar-refractivity contribution < 1.29 is 44.1 Å². The van der Waals surface area contributed by atoms with E-state index in [1.165, 1.54) is 18.2 Å². The molecular weight excluding hydrogens is 333 g/mol. The second-order valence-electron chi connectivity index (χ2n) is 4.36. The molecule has 0 aliphatic carbocycles. The van der Waals surface area contributed by atoms with Crippen LogP contribution >= 0.6 is 7.82 Å². The number of carboxylic acids is 1. The number of rotatable bonds is 8. The van der Waals surface area contributed by atoms with Crippen LogP contribution in [0.2, 0.25) is 0 Å². The molecule has 7 N–H and O–H groups in total. The van der Waals surface area contributed by atoms with Gasteiger partial charge in [-0.25, -0.2) is 9.36 Å². The summed E-state index contributed by atoms with van der Waals surface area (Å²) in [5, 5.41) is 40.0. The highest BCUT2D eigenvalue weighted by Crippen LogP contribution is 2.35. The molecule has 1 aromatic carbocycles. The average Bonchev–Trinajstić information content (AvgIpc) is 2.48. The summed E-state index contributed by atoms with van der Waals surface area (Å²) >= 11 is 0. The molecule has 0 fully saturated rings. The molecule has 0 saturated heterocycles. The van der Waals surface area contributed by atoms with Gasteiger partial charge in [0.15, 0.2) is 0 Å². The van der Waals surface area contributed by atoms with Crippen LogP contribution in [0.5, 0.6) is 0 Å². The molecule has 0 saturated carbocycles. The molecule has 0 radical (unpaired) electrons. The fraction of sp³-hybridized carbons (Fsp3) is 0.250. The molecule has 2 atom stereocenters. The number of phosphoric acid groups is 1. The van der Waals surface area contributed by atoms with Gasteiger partial charge in [0.25, 0.3) is 0 Å². The van der Waals surface area contributed by atoms with Gasteiger partial charge in [0, 0.05) is 6.20 Å². The zero-order valence-corrected chi connectivity index (χ0v) is 12.5. The first kappa shape index (κ1) is 19.1. The van der Waals surface area contributed by atoms with Crippen LogP contribution < -0.4 is 5.32 Å². The van der Waals surface area contributed by atoms with Crippen LogP contribution in [0.3, 0.4) is 0 Å². The fourth-order valence-electron chi connectivity index (χ4n) is 1.49. The van der Waals surface area contributed by atoms with E-state index in [1.54, 1.807) is 6.07 Å². The number of hydrogen-bond donors (Lipinski definition) is 7. The molecule has 1 rings (SSSR count). The molecule has 23 heavy (non-hydrogen) atoms. The molecule has 10 nitrogen and oxygen atoms in total. The molecule has 0 heterocycles. The number of phosphoric ester groups is 1. The summed E-state index contributed by atoms with van der Waals surface area (Å²) in [4.78, 5) is 27.9. The molecule has 1 aromatic rings. The SMILES string of the molecule is O=C(O)c1ccccc1N/C=C(\O)[C@H](O)[C@H](O)COP(=O)(O)O. The number of para-hydroxylation sites is 1. The summed E-state index contributed by atoms with van der Waals surface area (Å²) in [6.45, 7) is -0.922. The van der Waals surface area contributed by atoms with Gasteiger partial charge in [-0.3, -0.25) is 4.52 Å². The van der Waals surface area contributed by atoms with E-state index in [9.17, 15) is 24.7 Å². The van der Waals surface area contributed by atoms with E-state index < -0.39 is 38.4 Å². The minimum absolute atomic E-state index is 0.0866. The molecule has 0 bridgehead atoms. The zero-order chi connectivity index (χ0) is 17.6. The fourth-order valence-corrected chi connectivity index (χ4v) is 1.84. The van der Waals surface area contributed by atoms with Gasteiger partial charge < -0.3 is 35.5 Å². The quantitative estimate of drug-likeness (QED) is 0.250. The first-order valence-electron chi connectivity index (χ1n) is 6.16. The average molecular weight is 349 g/mol. The number of benzene rings is 1. The van der Waals surface area contributed by atoms with Gasteiger partial charge in [-0.2, -0.15) is 0 Å². The second-order valence-corrected chi connectivity index (χ2v) is 5.60. The van der Waals surface area contributed by atoms with Crippen molar-refractivity contribution in [3.05, 3.63) is 41.8 Å². The van der Waals surface area contributed by atoms with Crippen molar-refractivity contribution in [2.45, 2.75) is 12.2 Å². The molecule has 11 heteroatoms. The first-order valence-corrected chi connectivity index (χ1v) is 7.69. The number of nitrogens with one attached hydrogen (secondary N) is 1. The van der Waals surface area contributed by atoms with Gasteiger partial charge in [0.2, 0.25) is 0 Å². The Morgan fingerprint density at radius 2 is 1.87 bits per heavy atom. The van der Waals surface area contributed by atoms with Crippen molar-refractivity contribution in [2.75, 3.05) is 11.9 Å². The largest absolute Gasteiger partial charge is 0.508 e. The number of anilines is 1. The van der Waals surface area contributed by atoms with Crippen LogP contribution in [-0.4, -0.2) is 55.0 Å². The van der Waals surface area contributed by atoms with Crippen LogP contribution in [0.4, 0.5) is 5.69 Å². The third-order valence-corrected chi connectivity index (χ3v) is 3.10. The summed E-state index contributed by atoms with van der Waals surface area (Å²) in [7, 11) is -4.82. The lowest BCUT2D eigenvalue weighted by Gasteiger charge is -2.17. The number of carboxylic acid groups (broad SMARTS) is 1. The summed E-state index contributed by atoms with van der Waals surface area (Å²) < 4.78 is 14.5. The maximum absolute atomic E-state index is 11.0. The minimum Gasteiger partial charge on any atom is -0.508 e. The van der Waals surface area contributed by atoms with Crippen molar-refractivity contribution >= 4 is 19.5 Å². The Hall–Kier alpha value is -1.94. The third kappa shape index (κ3) is 6.37. The molecule has 0 aliphatic rings. The number of aliphatic hydroxyl groups excluding tert-OH is 3. The summed E-state index contributed by atoms with van der Waals surface area (Å²) in [6.07, 6.45) is -2.87. The summed E-state index contributed by atoms with van der Waals surface area (Å²) in [6, 6.07) is 5.76. The minimum atomic E-state index is -4.82. The van der Waals surface area contributed by atoms with Crippen molar-refractivity contribution in [1.29, 1.82) is 0 Å². The number of carbonyl (C=O) groups is 1. The molecule has 0 unspecified atom stereocenters. The van der Waals surface area contributed by atoms with E-state index >= 15 is 0 Å². The maximum Gasteiger partial charge on any atom is 0.469 e. The lowest BCUT2D eigenvalue weighted by Crippen LogP contribution is -2.32. The molecule has 128 valence electrons. The lowest BCUT2D eigenvalue weighted by molar-refractivity contribution is -0.0133. The molecule has 0 amide bonds. The van der Waals surface area contributed by atoms with Crippen molar-refractivity contribution in [2.24, 2.45) is 0 Å². The van der Waals surface area contributed by atoms with Crippen molar-refractivity contribution in [3.8, 4) is 0 Å². The van der Waals surface area contributed by atoms with Gasteiger partial charge in [-0.15, -0.1) is 0 Å². The smallest absolute Gasteiger partial charge is 0.469 e. The molecule has 0 spiro atoms. The predicted octanol–water partition coefficient (Wildman–Crippen LogP) is 0.0272. The number of aliphatic hydroxyl groups is 3. The second kappa shape index (κ2) is 8.06. The van der Waals surface area contributed by atoms with E-state index in [1.807, 2.05) is 0 Å². The Morgan fingerprint density at radius 3 is 2.43 bits per heavy atom. The van der Waals surface area contributed by atoms with Gasteiger partial charge in [0.1, 0.15) is 18.0 Å². The topological polar surface area (TPSA) is 177 Å². The monoisotopic (exact) mass is 349 g/mol. The van der Waals surface area contributed by atoms with Gasteiger partial charge in [-0.1, -0.05) is 12.1 Å². The van der Waals surface area contributed by atoms with Crippen LogP contribution in [0.25, 0.3) is 0 Å². The van der Waals surface area contributed by atoms with E-state index in [4.69, 9.17) is 14.9 Å². The molecule has 0 aromatic heterocycles. The standard InChI is InChI=1S/C12H16NO9P/c14-9(11(16)10(15)6-22-23(19,20)21)5-13-8-4-2-1-3-7(8)12(17)18/h1-5,10-11,13-16H,6H2,(H,17,18)(H2,19,20,21)/b9-5-/t10-,11+/m1/s1. The van der Waals surface area contributed by atoms with E-state index in [-0.39, 0.29) is 11.3 Å². The molecular formula is C12H16NO9P. The van der Waals surface area contributed by atoms with Crippen molar-refractivity contribution in [1.82, 2.24) is 0 Å². The zero-order valence-electron chi connectivity index (χ0n) is 11.6. The Bertz CT molecular complexity index is 627. The van der Waals surface area contributed by atoms with E-state index in [0.717, 1.165) is 6.20 Å². The third-order valence-electron chi connectivity index (χ3n) is 2.61. The summed E-state index contributed by atoms with van der Waals surface area (Å²) in [5.41, 5.74) is 0.0381. The van der Waals surface area contributed by atoms with Crippen molar-refractivity contribution in [3.63, 3.8) is 0 Å². The van der Waals surface area contributed by atoms with Crippen LogP contribution in [0, 0.1) is 0 Å². The summed E-state index contributed by atoms with van der Waals surface area (Å²) in [5.74, 6) is -2.00. The van der Waals surface area contributed by atoms with Gasteiger partial charge in [-0.05, 0) is 12.1 Å².